The highest BCUT2D eigenvalue weighted by atomic mass is 16.7. The quantitative estimate of drug-likeness (QED) is 0.184. The van der Waals surface area contributed by atoms with E-state index < -0.39 is 18.3 Å². The lowest BCUT2D eigenvalue weighted by molar-refractivity contribution is 0.00578. The third-order valence-electron chi connectivity index (χ3n) is 9.54. The molecule has 5 aromatic rings. The van der Waals surface area contributed by atoms with E-state index in [1.54, 1.807) is 0 Å². The van der Waals surface area contributed by atoms with Crippen molar-refractivity contribution >= 4 is 18.2 Å². The van der Waals surface area contributed by atoms with Gasteiger partial charge >= 0.3 is 7.12 Å². The van der Waals surface area contributed by atoms with E-state index in [-0.39, 0.29) is 0 Å². The highest BCUT2D eigenvalue weighted by molar-refractivity contribution is 6.62. The van der Waals surface area contributed by atoms with Gasteiger partial charge in [-0.3, -0.25) is 0 Å². The lowest BCUT2D eigenvalue weighted by Crippen LogP contribution is -2.41. The summed E-state index contributed by atoms with van der Waals surface area (Å²) in [5.74, 6) is 0. The van der Waals surface area contributed by atoms with Gasteiger partial charge in [-0.1, -0.05) is 133 Å². The van der Waals surface area contributed by atoms with Crippen LogP contribution in [0.5, 0.6) is 0 Å². The van der Waals surface area contributed by atoms with E-state index in [2.05, 4.69) is 167 Å². The molecule has 1 fully saturated rings. The molecule has 1 aliphatic carbocycles. The summed E-state index contributed by atoms with van der Waals surface area (Å²) in [5, 5.41) is 0. The molecule has 7 rings (SSSR count). The van der Waals surface area contributed by atoms with Crippen molar-refractivity contribution in [1.82, 2.24) is 0 Å². The molecule has 0 spiro atoms. The fourth-order valence-electron chi connectivity index (χ4n) is 6.48. The van der Waals surface area contributed by atoms with Gasteiger partial charge < -0.3 is 9.31 Å². The second-order valence-electron chi connectivity index (χ2n) is 13.0. The van der Waals surface area contributed by atoms with E-state index in [1.807, 2.05) is 0 Å². The van der Waals surface area contributed by atoms with Crippen LogP contribution in [0, 0.1) is 0 Å². The molecule has 0 radical (unpaired) electrons. The maximum absolute atomic E-state index is 6.50. The maximum Gasteiger partial charge on any atom is 0.494 e. The van der Waals surface area contributed by atoms with Crippen LogP contribution in [0.3, 0.4) is 0 Å². The zero-order chi connectivity index (χ0) is 31.0. The Morgan fingerprint density at radius 2 is 1.04 bits per heavy atom. The van der Waals surface area contributed by atoms with Gasteiger partial charge in [0.1, 0.15) is 0 Å². The molecule has 0 atom stereocenters. The molecule has 0 saturated carbocycles. The van der Waals surface area contributed by atoms with Gasteiger partial charge in [0.05, 0.1) is 11.2 Å². The minimum Gasteiger partial charge on any atom is -0.399 e. The summed E-state index contributed by atoms with van der Waals surface area (Å²) in [4.78, 5) is 0. The number of benzene rings is 5. The summed E-state index contributed by atoms with van der Waals surface area (Å²) in [6.45, 7) is 8.43. The first-order valence-corrected chi connectivity index (χ1v) is 16.0. The average molecular weight is 587 g/mol. The zero-order valence-electron chi connectivity index (χ0n) is 26.6. The molecule has 0 bridgehead atoms. The lowest BCUT2D eigenvalue weighted by atomic mass is 9.75. The van der Waals surface area contributed by atoms with Gasteiger partial charge in [0, 0.05) is 0 Å². The topological polar surface area (TPSA) is 18.5 Å². The Morgan fingerprint density at radius 3 is 1.62 bits per heavy atom. The largest absolute Gasteiger partial charge is 0.494 e. The van der Waals surface area contributed by atoms with E-state index in [1.165, 1.54) is 50.1 Å². The fraction of sp³-hybridized carbons (Fsp3) is 0.190. The van der Waals surface area contributed by atoms with Gasteiger partial charge in [-0.25, -0.2) is 0 Å². The first-order valence-electron chi connectivity index (χ1n) is 16.0. The van der Waals surface area contributed by atoms with Crippen LogP contribution in [-0.4, -0.2) is 18.3 Å². The molecule has 0 unspecified atom stereocenters. The van der Waals surface area contributed by atoms with Crippen molar-refractivity contribution in [2.24, 2.45) is 0 Å². The van der Waals surface area contributed by atoms with Crippen LogP contribution in [0.25, 0.3) is 50.1 Å². The number of hydrogen-bond acceptors (Lipinski definition) is 2. The van der Waals surface area contributed by atoms with E-state index in [0.717, 1.165) is 23.9 Å². The normalized spacial score (nSPS) is 16.9. The van der Waals surface area contributed by atoms with Crippen molar-refractivity contribution in [3.05, 3.63) is 145 Å². The molecule has 0 N–H and O–H groups in total. The van der Waals surface area contributed by atoms with Gasteiger partial charge in [0.15, 0.2) is 0 Å². The van der Waals surface area contributed by atoms with Crippen molar-refractivity contribution in [3.63, 3.8) is 0 Å². The predicted molar refractivity (Wildman–Crippen MR) is 190 cm³/mol. The number of allylic oxidation sites excluding steroid dienone is 4. The van der Waals surface area contributed by atoms with Gasteiger partial charge in [0.2, 0.25) is 0 Å². The van der Waals surface area contributed by atoms with Gasteiger partial charge in [-0.15, -0.1) is 0 Å². The molecule has 45 heavy (non-hydrogen) atoms. The Bertz CT molecular complexity index is 1870. The van der Waals surface area contributed by atoms with Crippen molar-refractivity contribution in [2.75, 3.05) is 0 Å². The summed E-state index contributed by atoms with van der Waals surface area (Å²) in [6.07, 6.45) is 9.13. The van der Waals surface area contributed by atoms with Gasteiger partial charge in [0.25, 0.3) is 0 Å². The maximum atomic E-state index is 6.50. The third-order valence-corrected chi connectivity index (χ3v) is 9.54. The molecule has 1 heterocycles. The summed E-state index contributed by atoms with van der Waals surface area (Å²) in [5.41, 5.74) is 12.4. The molecule has 2 nitrogen and oxygen atoms in total. The minimum atomic E-state index is -0.436. The van der Waals surface area contributed by atoms with Gasteiger partial charge in [-0.05, 0) is 108 Å². The molecule has 222 valence electrons. The molecule has 5 aromatic carbocycles. The van der Waals surface area contributed by atoms with Crippen LogP contribution in [0.1, 0.15) is 46.1 Å². The van der Waals surface area contributed by atoms with E-state index in [0.29, 0.717) is 0 Å². The highest BCUT2D eigenvalue weighted by Gasteiger charge is 2.51. The molecule has 3 heteroatoms. The van der Waals surface area contributed by atoms with Crippen molar-refractivity contribution in [2.45, 2.75) is 51.7 Å². The zero-order valence-corrected chi connectivity index (χ0v) is 26.6. The number of hydrogen-bond donors (Lipinski definition) is 0. The Hall–Kier alpha value is -4.44. The number of rotatable bonds is 6. The molecule has 0 aromatic heterocycles. The Balaban J connectivity index is 1.56. The Kier molecular flexibility index (Phi) is 7.69. The molecule has 1 aliphatic heterocycles. The SMILES string of the molecule is CC1(C)OB(c2cccc(-c3cc(-c4ccccc4)c(C4=CCCC=C4)c(-c4ccccc4)c3-c3ccccc3)c2)OC1(C)C. The van der Waals surface area contributed by atoms with Crippen LogP contribution in [0.15, 0.2) is 140 Å². The summed E-state index contributed by atoms with van der Waals surface area (Å²) in [7, 11) is -0.436. The first kappa shape index (κ1) is 29.3. The van der Waals surface area contributed by atoms with Crippen molar-refractivity contribution < 1.29 is 9.31 Å². The fourth-order valence-corrected chi connectivity index (χ4v) is 6.48. The van der Waals surface area contributed by atoms with Crippen LogP contribution >= 0.6 is 0 Å². The third kappa shape index (κ3) is 5.52. The predicted octanol–water partition coefficient (Wildman–Crippen LogP) is 10.4. The van der Waals surface area contributed by atoms with Crippen molar-refractivity contribution in [3.8, 4) is 44.5 Å². The van der Waals surface area contributed by atoms with Crippen LogP contribution < -0.4 is 5.46 Å². The minimum absolute atomic E-state index is 0.410. The lowest BCUT2D eigenvalue weighted by Gasteiger charge is -2.32. The highest BCUT2D eigenvalue weighted by Crippen LogP contribution is 2.49. The molecule has 2 aliphatic rings. The average Bonchev–Trinajstić information content (AvgIpc) is 3.31. The van der Waals surface area contributed by atoms with Crippen LogP contribution in [0.2, 0.25) is 0 Å². The smallest absolute Gasteiger partial charge is 0.399 e. The standard InChI is InChI=1S/C42H39BO2/c1-41(2)42(3,4)45-43(44-41)35-27-17-26-34(28-35)37-29-36(30-18-9-5-10-19-30)38(31-20-11-6-12-21-31)40(33-24-15-8-16-25-33)39(37)32-22-13-7-14-23-32/h5,7-11,13-29H,6,12H2,1-4H3. The second kappa shape index (κ2) is 11.8. The van der Waals surface area contributed by atoms with Crippen LogP contribution in [0.4, 0.5) is 0 Å². The molecular formula is C42H39BO2. The monoisotopic (exact) mass is 586 g/mol. The second-order valence-corrected chi connectivity index (χ2v) is 13.0. The Morgan fingerprint density at radius 1 is 0.511 bits per heavy atom. The van der Waals surface area contributed by atoms with Crippen molar-refractivity contribution in [1.29, 1.82) is 0 Å². The summed E-state index contributed by atoms with van der Waals surface area (Å²) < 4.78 is 13.0. The van der Waals surface area contributed by atoms with E-state index in [4.69, 9.17) is 9.31 Å². The first-order chi connectivity index (χ1) is 21.8. The molecule has 0 amide bonds. The summed E-state index contributed by atoms with van der Waals surface area (Å²) in [6, 6.07) is 43.7. The molecule has 1 saturated heterocycles. The van der Waals surface area contributed by atoms with Crippen LogP contribution in [-0.2, 0) is 9.31 Å². The Labute approximate surface area is 268 Å². The van der Waals surface area contributed by atoms with Gasteiger partial charge in [-0.2, -0.15) is 0 Å². The summed E-state index contributed by atoms with van der Waals surface area (Å²) >= 11 is 0. The van der Waals surface area contributed by atoms with E-state index >= 15 is 0 Å². The van der Waals surface area contributed by atoms with E-state index in [9.17, 15) is 0 Å². The molecular weight excluding hydrogens is 547 g/mol.